The Morgan fingerprint density at radius 2 is 1.79 bits per heavy atom. The second kappa shape index (κ2) is 5.40. The monoisotopic (exact) mass is 187 g/mol. The van der Waals surface area contributed by atoms with Crippen molar-refractivity contribution in [1.82, 2.24) is 0 Å². The normalized spacial score (nSPS) is 14.4. The van der Waals surface area contributed by atoms with Crippen molar-refractivity contribution in [1.29, 1.82) is 0 Å². The second-order valence-corrected chi connectivity index (χ2v) is 3.39. The zero-order chi connectivity index (χ0) is 10.4. The summed E-state index contributed by atoms with van der Waals surface area (Å²) in [4.78, 5) is 0. The van der Waals surface area contributed by atoms with Gasteiger partial charge in [-0.25, -0.2) is 0 Å². The van der Waals surface area contributed by atoms with Gasteiger partial charge in [0.1, 0.15) is 0 Å². The zero-order valence-corrected chi connectivity index (χ0v) is 8.39. The van der Waals surface area contributed by atoms with Crippen LogP contribution in [0.25, 0.3) is 0 Å². The molecule has 1 aromatic rings. The molecule has 0 aliphatic carbocycles. The molecule has 0 saturated heterocycles. The molecule has 1 heteroatoms. The Labute approximate surface area is 85.9 Å². The molecule has 14 heavy (non-hydrogen) atoms. The Kier molecular flexibility index (Phi) is 4.14. The minimum Gasteiger partial charge on any atom is -0.324 e. The van der Waals surface area contributed by atoms with Crippen LogP contribution < -0.4 is 5.73 Å². The minimum absolute atomic E-state index is 0.0400. The van der Waals surface area contributed by atoms with E-state index in [9.17, 15) is 0 Å². The molecule has 0 bridgehead atoms. The van der Waals surface area contributed by atoms with Gasteiger partial charge in [0.05, 0.1) is 0 Å². The number of allylic oxidation sites excluding steroid dienone is 1. The molecule has 2 N–H and O–H groups in total. The molecule has 1 nitrogen and oxygen atoms in total. The first-order valence-electron chi connectivity index (χ1n) is 4.83. The predicted molar refractivity (Wildman–Crippen MR) is 62.2 cm³/mol. The summed E-state index contributed by atoms with van der Waals surface area (Å²) >= 11 is 0. The highest BCUT2D eigenvalue weighted by Crippen LogP contribution is 2.21. The molecule has 0 aliphatic heterocycles. The van der Waals surface area contributed by atoms with Gasteiger partial charge in [-0.3, -0.25) is 0 Å². The van der Waals surface area contributed by atoms with Crippen LogP contribution in [0.4, 0.5) is 0 Å². The van der Waals surface area contributed by atoms with Crippen molar-refractivity contribution in [3.8, 4) is 0 Å². The molecule has 0 aliphatic rings. The SMILES string of the molecule is C=CC(N)CC(C=C)c1ccccc1. The van der Waals surface area contributed by atoms with E-state index in [1.54, 1.807) is 6.08 Å². The quantitative estimate of drug-likeness (QED) is 0.705. The van der Waals surface area contributed by atoms with Crippen LogP contribution in [0.5, 0.6) is 0 Å². The van der Waals surface area contributed by atoms with Crippen LogP contribution in [0.1, 0.15) is 17.9 Å². The maximum absolute atomic E-state index is 5.82. The van der Waals surface area contributed by atoms with Crippen LogP contribution in [-0.4, -0.2) is 6.04 Å². The summed E-state index contributed by atoms with van der Waals surface area (Å²) in [6.07, 6.45) is 4.59. The Morgan fingerprint density at radius 3 is 2.29 bits per heavy atom. The maximum atomic E-state index is 5.82. The van der Waals surface area contributed by atoms with E-state index in [1.165, 1.54) is 5.56 Å². The van der Waals surface area contributed by atoms with E-state index in [-0.39, 0.29) is 6.04 Å². The Morgan fingerprint density at radius 1 is 1.14 bits per heavy atom. The van der Waals surface area contributed by atoms with Crippen molar-refractivity contribution in [2.75, 3.05) is 0 Å². The van der Waals surface area contributed by atoms with Crippen LogP contribution in [0.2, 0.25) is 0 Å². The summed E-state index contributed by atoms with van der Waals surface area (Å²) in [6.45, 7) is 7.52. The lowest BCUT2D eigenvalue weighted by atomic mass is 9.92. The minimum atomic E-state index is 0.0400. The first-order valence-corrected chi connectivity index (χ1v) is 4.83. The van der Waals surface area contributed by atoms with E-state index >= 15 is 0 Å². The van der Waals surface area contributed by atoms with E-state index < -0.39 is 0 Å². The molecule has 0 amide bonds. The predicted octanol–water partition coefficient (Wildman–Crippen LogP) is 2.86. The topological polar surface area (TPSA) is 26.0 Å². The molecule has 0 fully saturated rings. The average molecular weight is 187 g/mol. The van der Waals surface area contributed by atoms with Crippen LogP contribution in [0.15, 0.2) is 55.6 Å². The van der Waals surface area contributed by atoms with Gasteiger partial charge >= 0.3 is 0 Å². The van der Waals surface area contributed by atoms with Crippen molar-refractivity contribution < 1.29 is 0 Å². The third kappa shape index (κ3) is 2.86. The lowest BCUT2D eigenvalue weighted by molar-refractivity contribution is 0.665. The summed E-state index contributed by atoms with van der Waals surface area (Å²) in [6, 6.07) is 10.3. The van der Waals surface area contributed by atoms with Crippen molar-refractivity contribution in [2.45, 2.75) is 18.4 Å². The highest BCUT2D eigenvalue weighted by molar-refractivity contribution is 5.23. The molecule has 0 aromatic heterocycles. The fourth-order valence-corrected chi connectivity index (χ4v) is 1.46. The standard InChI is InChI=1S/C13H17N/c1-3-11(10-13(14)4-2)12-8-6-5-7-9-12/h3-9,11,13H,1-2,10,14H2. The van der Waals surface area contributed by atoms with Gasteiger partial charge < -0.3 is 5.73 Å². The van der Waals surface area contributed by atoms with Crippen LogP contribution in [0.3, 0.4) is 0 Å². The van der Waals surface area contributed by atoms with Gasteiger partial charge in [-0.05, 0) is 12.0 Å². The van der Waals surface area contributed by atoms with Crippen LogP contribution in [0, 0.1) is 0 Å². The molecule has 0 saturated carbocycles. The van der Waals surface area contributed by atoms with Crippen molar-refractivity contribution in [3.05, 3.63) is 61.2 Å². The van der Waals surface area contributed by atoms with E-state index in [2.05, 4.69) is 25.3 Å². The molecule has 0 radical (unpaired) electrons. The fraction of sp³-hybridized carbons (Fsp3) is 0.231. The van der Waals surface area contributed by atoms with Gasteiger partial charge in [0, 0.05) is 12.0 Å². The summed E-state index contributed by atoms with van der Waals surface area (Å²) in [5, 5.41) is 0. The molecule has 0 spiro atoms. The van der Waals surface area contributed by atoms with Crippen LogP contribution in [-0.2, 0) is 0 Å². The molecule has 74 valence electrons. The number of benzene rings is 1. The van der Waals surface area contributed by atoms with Gasteiger partial charge in [-0.1, -0.05) is 42.5 Å². The number of nitrogens with two attached hydrogens (primary N) is 1. The van der Waals surface area contributed by atoms with E-state index in [1.807, 2.05) is 24.3 Å². The highest BCUT2D eigenvalue weighted by Gasteiger charge is 2.09. The zero-order valence-electron chi connectivity index (χ0n) is 8.39. The van der Waals surface area contributed by atoms with Crippen molar-refractivity contribution >= 4 is 0 Å². The third-order valence-corrected chi connectivity index (χ3v) is 2.34. The Bertz CT molecular complexity index is 289. The van der Waals surface area contributed by atoms with Gasteiger partial charge in [0.2, 0.25) is 0 Å². The van der Waals surface area contributed by atoms with E-state index in [0.29, 0.717) is 5.92 Å². The second-order valence-electron chi connectivity index (χ2n) is 3.39. The van der Waals surface area contributed by atoms with Gasteiger partial charge in [0.15, 0.2) is 0 Å². The first kappa shape index (κ1) is 10.7. The molecule has 1 rings (SSSR count). The molecule has 1 aromatic carbocycles. The van der Waals surface area contributed by atoms with Crippen LogP contribution >= 0.6 is 0 Å². The first-order chi connectivity index (χ1) is 6.77. The molecule has 2 atom stereocenters. The lowest BCUT2D eigenvalue weighted by Crippen LogP contribution is -2.19. The van der Waals surface area contributed by atoms with Crippen molar-refractivity contribution in [2.24, 2.45) is 5.73 Å². The fourth-order valence-electron chi connectivity index (χ4n) is 1.46. The van der Waals surface area contributed by atoms with Gasteiger partial charge in [-0.15, -0.1) is 13.2 Å². The molecule has 2 unspecified atom stereocenters. The summed E-state index contributed by atoms with van der Waals surface area (Å²) in [5.41, 5.74) is 7.08. The average Bonchev–Trinajstić information content (AvgIpc) is 2.26. The Balaban J connectivity index is 2.72. The maximum Gasteiger partial charge on any atom is 0.0229 e. The summed E-state index contributed by atoms with van der Waals surface area (Å²) < 4.78 is 0. The smallest absolute Gasteiger partial charge is 0.0229 e. The van der Waals surface area contributed by atoms with Crippen molar-refractivity contribution in [3.63, 3.8) is 0 Å². The number of rotatable bonds is 5. The van der Waals surface area contributed by atoms with E-state index in [4.69, 9.17) is 5.73 Å². The number of hydrogen-bond donors (Lipinski definition) is 1. The highest BCUT2D eigenvalue weighted by atomic mass is 14.6. The molecule has 0 heterocycles. The Hall–Kier alpha value is -1.34. The largest absolute Gasteiger partial charge is 0.324 e. The lowest BCUT2D eigenvalue weighted by Gasteiger charge is -2.15. The third-order valence-electron chi connectivity index (χ3n) is 2.34. The summed E-state index contributed by atoms with van der Waals surface area (Å²) in [7, 11) is 0. The van der Waals surface area contributed by atoms with E-state index in [0.717, 1.165) is 6.42 Å². The summed E-state index contributed by atoms with van der Waals surface area (Å²) in [5.74, 6) is 0.323. The molecular weight excluding hydrogens is 170 g/mol. The number of hydrogen-bond acceptors (Lipinski definition) is 1. The van der Waals surface area contributed by atoms with Gasteiger partial charge in [-0.2, -0.15) is 0 Å². The molecular formula is C13H17N. The van der Waals surface area contributed by atoms with Gasteiger partial charge in [0.25, 0.3) is 0 Å².